The molecule has 14 heteroatoms. The number of hydrazine groups is 1. The first-order valence-corrected chi connectivity index (χ1v) is 11.9. The fourth-order valence-corrected chi connectivity index (χ4v) is 3.52. The van der Waals surface area contributed by atoms with E-state index in [4.69, 9.17) is 20.9 Å². The Morgan fingerprint density at radius 2 is 1.82 bits per heavy atom. The second-order valence-corrected chi connectivity index (χ2v) is 8.61. The number of hydrogen-bond donors (Lipinski definition) is 3. The fourth-order valence-electron chi connectivity index (χ4n) is 3.39. The highest BCUT2D eigenvalue weighted by atomic mass is 35.5. The zero-order valence-corrected chi connectivity index (χ0v) is 21.3. The lowest BCUT2D eigenvalue weighted by Crippen LogP contribution is -2.55. The van der Waals surface area contributed by atoms with Crippen LogP contribution in [0.1, 0.15) is 12.5 Å². The van der Waals surface area contributed by atoms with Crippen LogP contribution in [-0.4, -0.2) is 52.9 Å². The van der Waals surface area contributed by atoms with Gasteiger partial charge in [-0.15, -0.1) is 0 Å². The summed E-state index contributed by atoms with van der Waals surface area (Å²) >= 11 is 5.99. The maximum Gasteiger partial charge on any atom is 0.303 e. The topological polar surface area (TPSA) is 164 Å². The van der Waals surface area contributed by atoms with Gasteiger partial charge in [0.15, 0.2) is 6.61 Å². The summed E-state index contributed by atoms with van der Waals surface area (Å²) in [5.41, 5.74) is 5.64. The van der Waals surface area contributed by atoms with Crippen molar-refractivity contribution in [2.45, 2.75) is 13.5 Å². The molecule has 1 aromatic heterocycles. The molecule has 2 heterocycles. The molecule has 0 fully saturated rings. The van der Waals surface area contributed by atoms with Gasteiger partial charge in [-0.1, -0.05) is 23.7 Å². The first kappa shape index (κ1) is 27.1. The highest BCUT2D eigenvalue weighted by molar-refractivity contribution is 6.30. The number of benzene rings is 2. The Bertz CT molecular complexity index is 1360. The summed E-state index contributed by atoms with van der Waals surface area (Å²) in [6.07, 6.45) is 1.39. The molecule has 3 N–H and O–H groups in total. The fraction of sp³-hybridized carbons (Fsp3) is 0.200. The summed E-state index contributed by atoms with van der Waals surface area (Å²) in [5, 5.41) is 7.33. The van der Waals surface area contributed by atoms with Crippen LogP contribution in [0.3, 0.4) is 0 Å². The van der Waals surface area contributed by atoms with Crippen molar-refractivity contribution < 1.29 is 33.2 Å². The maximum atomic E-state index is 13.4. The van der Waals surface area contributed by atoms with E-state index in [0.29, 0.717) is 22.3 Å². The molecule has 13 nitrogen and oxygen atoms in total. The predicted molar refractivity (Wildman–Crippen MR) is 137 cm³/mol. The second kappa shape index (κ2) is 12.6. The molecule has 1 aliphatic rings. The number of halogens is 1. The summed E-state index contributed by atoms with van der Waals surface area (Å²) in [4.78, 5) is 54.5. The second-order valence-electron chi connectivity index (χ2n) is 8.17. The maximum absolute atomic E-state index is 13.4. The molecule has 3 aromatic rings. The Labute approximate surface area is 227 Å². The molecule has 39 heavy (non-hydrogen) atoms. The van der Waals surface area contributed by atoms with Crippen molar-refractivity contribution >= 4 is 46.9 Å². The van der Waals surface area contributed by atoms with Gasteiger partial charge in [0.25, 0.3) is 17.7 Å². The van der Waals surface area contributed by atoms with Crippen LogP contribution in [0.4, 0.5) is 5.69 Å². The number of esters is 1. The van der Waals surface area contributed by atoms with Crippen molar-refractivity contribution in [3.63, 3.8) is 0 Å². The summed E-state index contributed by atoms with van der Waals surface area (Å²) in [7, 11) is 0. The van der Waals surface area contributed by atoms with Crippen molar-refractivity contribution in [2.24, 2.45) is 10.9 Å². The molecule has 1 atom stereocenters. The minimum atomic E-state index is -1.21. The molecule has 1 aliphatic heterocycles. The van der Waals surface area contributed by atoms with E-state index in [2.05, 4.69) is 31.1 Å². The number of guanidine groups is 1. The zero-order valence-electron chi connectivity index (χ0n) is 20.5. The quantitative estimate of drug-likeness (QED) is 0.215. The molecule has 0 aliphatic carbocycles. The molecule has 202 valence electrons. The number of aromatic nitrogens is 1. The number of amides is 3. The molecule has 2 aromatic carbocycles. The number of carbonyl (C=O) groups is 4. The van der Waals surface area contributed by atoms with Gasteiger partial charge < -0.3 is 19.3 Å². The average molecular weight is 555 g/mol. The number of carbonyl (C=O) groups excluding carboxylic acids is 4. The van der Waals surface area contributed by atoms with Crippen molar-refractivity contribution in [3.05, 3.63) is 71.4 Å². The standard InChI is InChI=1S/C25H23ClN6O7/c1-15(33)37-14-21(34)29-30-23(35)20-12-27-25(32(24(20)36)13-16-2-4-17(26)5-3-16)28-18-6-8-19(9-7-18)39-22-10-11-38-31-22/h2-11,20H,12-14H2,1H3,(H,27,28)(H,29,34)(H,30,35). The van der Waals surface area contributed by atoms with Crippen LogP contribution in [0.5, 0.6) is 11.6 Å². The van der Waals surface area contributed by atoms with Crippen molar-refractivity contribution in [3.8, 4) is 11.6 Å². The van der Waals surface area contributed by atoms with E-state index in [1.807, 2.05) is 0 Å². The van der Waals surface area contributed by atoms with Crippen molar-refractivity contribution in [2.75, 3.05) is 18.5 Å². The van der Waals surface area contributed by atoms with Gasteiger partial charge >= 0.3 is 5.97 Å². The molecule has 0 spiro atoms. The molecule has 1 unspecified atom stereocenters. The number of aliphatic imine (C=N–C) groups is 1. The summed E-state index contributed by atoms with van der Waals surface area (Å²) in [6, 6.07) is 15.3. The van der Waals surface area contributed by atoms with E-state index in [0.717, 1.165) is 12.5 Å². The van der Waals surface area contributed by atoms with Crippen LogP contribution in [0, 0.1) is 5.92 Å². The third-order valence-corrected chi connectivity index (χ3v) is 5.54. The van der Waals surface area contributed by atoms with E-state index in [1.165, 1.54) is 11.2 Å². The number of anilines is 1. The third-order valence-electron chi connectivity index (χ3n) is 5.29. The smallest absolute Gasteiger partial charge is 0.303 e. The zero-order chi connectivity index (χ0) is 27.8. The van der Waals surface area contributed by atoms with Crippen LogP contribution in [0.25, 0.3) is 0 Å². The van der Waals surface area contributed by atoms with Crippen LogP contribution >= 0.6 is 11.6 Å². The first-order valence-electron chi connectivity index (χ1n) is 11.6. The lowest BCUT2D eigenvalue weighted by atomic mass is 10.1. The van der Waals surface area contributed by atoms with Gasteiger partial charge in [-0.2, -0.15) is 0 Å². The summed E-state index contributed by atoms with van der Waals surface area (Å²) in [6.45, 7) is 0.493. The third kappa shape index (κ3) is 7.55. The molecule has 0 saturated heterocycles. The van der Waals surface area contributed by atoms with Gasteiger partial charge in [0.05, 0.1) is 13.1 Å². The molecule has 0 saturated carbocycles. The van der Waals surface area contributed by atoms with Crippen LogP contribution in [-0.2, 0) is 30.5 Å². The van der Waals surface area contributed by atoms with E-state index in [-0.39, 0.29) is 19.0 Å². The van der Waals surface area contributed by atoms with Crippen molar-refractivity contribution in [1.29, 1.82) is 0 Å². The Morgan fingerprint density at radius 1 is 1.08 bits per heavy atom. The molecule has 0 bridgehead atoms. The number of nitrogens with zero attached hydrogens (tertiary/aromatic N) is 3. The summed E-state index contributed by atoms with van der Waals surface area (Å²) < 4.78 is 14.9. The Balaban J connectivity index is 1.47. The normalized spacial score (nSPS) is 14.7. The van der Waals surface area contributed by atoms with E-state index < -0.39 is 36.2 Å². The number of ether oxygens (including phenoxy) is 2. The Morgan fingerprint density at radius 3 is 2.49 bits per heavy atom. The van der Waals surface area contributed by atoms with E-state index >= 15 is 0 Å². The van der Waals surface area contributed by atoms with Gasteiger partial charge in [0.2, 0.25) is 11.9 Å². The van der Waals surface area contributed by atoms with Gasteiger partial charge in [-0.05, 0) is 47.1 Å². The van der Waals surface area contributed by atoms with Gasteiger partial charge in [-0.25, -0.2) is 0 Å². The monoisotopic (exact) mass is 554 g/mol. The number of hydrogen-bond acceptors (Lipinski definition) is 10. The van der Waals surface area contributed by atoms with E-state index in [9.17, 15) is 19.2 Å². The minimum Gasteiger partial charge on any atom is -0.456 e. The largest absolute Gasteiger partial charge is 0.456 e. The van der Waals surface area contributed by atoms with Crippen LogP contribution < -0.4 is 20.9 Å². The lowest BCUT2D eigenvalue weighted by molar-refractivity contribution is -0.147. The van der Waals surface area contributed by atoms with Crippen molar-refractivity contribution in [1.82, 2.24) is 20.9 Å². The Hall–Kier alpha value is -4.91. The number of rotatable bonds is 8. The summed E-state index contributed by atoms with van der Waals surface area (Å²) in [5.74, 6) is -2.89. The SMILES string of the molecule is CC(=O)OCC(=O)NNC(=O)C1CN=C(Nc2ccc(Oc3ccon3)cc2)N(Cc2ccc(Cl)cc2)C1=O. The first-order chi connectivity index (χ1) is 18.8. The highest BCUT2D eigenvalue weighted by Crippen LogP contribution is 2.23. The highest BCUT2D eigenvalue weighted by Gasteiger charge is 2.37. The molecule has 0 radical (unpaired) electrons. The predicted octanol–water partition coefficient (Wildman–Crippen LogP) is 2.26. The van der Waals surface area contributed by atoms with E-state index in [1.54, 1.807) is 54.6 Å². The van der Waals surface area contributed by atoms with Gasteiger partial charge in [-0.3, -0.25) is 39.9 Å². The average Bonchev–Trinajstić information content (AvgIpc) is 3.43. The number of nitrogens with one attached hydrogen (secondary N) is 3. The molecule has 4 rings (SSSR count). The molecular formula is C25H23ClN6O7. The van der Waals surface area contributed by atoms with Gasteiger partial charge in [0, 0.05) is 23.7 Å². The van der Waals surface area contributed by atoms with Crippen LogP contribution in [0.2, 0.25) is 5.02 Å². The minimum absolute atomic E-state index is 0.0950. The van der Waals surface area contributed by atoms with Gasteiger partial charge in [0.1, 0.15) is 17.9 Å². The van der Waals surface area contributed by atoms with Crippen LogP contribution in [0.15, 0.2) is 70.4 Å². The Kier molecular flexibility index (Phi) is 8.74. The lowest BCUT2D eigenvalue weighted by Gasteiger charge is -2.32. The molecule has 3 amide bonds. The molecular weight excluding hydrogens is 532 g/mol.